The van der Waals surface area contributed by atoms with Crippen LogP contribution < -0.4 is 0 Å². The molecule has 0 bridgehead atoms. The molecule has 3 unspecified atom stereocenters. The highest BCUT2D eigenvalue weighted by Gasteiger charge is 2.48. The zero-order valence-electron chi connectivity index (χ0n) is 13.6. The van der Waals surface area contributed by atoms with Gasteiger partial charge in [-0.2, -0.15) is 0 Å². The summed E-state index contributed by atoms with van der Waals surface area (Å²) < 4.78 is 0. The van der Waals surface area contributed by atoms with E-state index in [2.05, 4.69) is 0 Å². The molecule has 1 saturated carbocycles. The zero-order valence-corrected chi connectivity index (χ0v) is 14.3. The zero-order chi connectivity index (χ0) is 17.6. The molecule has 1 fully saturated rings. The maximum atomic E-state index is 13.0. The van der Waals surface area contributed by atoms with Crippen molar-refractivity contribution in [2.45, 2.75) is 31.3 Å². The van der Waals surface area contributed by atoms with Gasteiger partial charge in [0.05, 0.1) is 0 Å². The molecular weight excluding hydrogens is 338 g/mol. The molecule has 4 nitrogen and oxygen atoms in total. The molecule has 1 aliphatic heterocycles. The van der Waals surface area contributed by atoms with Crippen molar-refractivity contribution in [2.75, 3.05) is 0 Å². The van der Waals surface area contributed by atoms with Crippen LogP contribution in [0, 0.1) is 5.92 Å². The number of halogens is 1. The number of benzene rings is 2. The molecule has 0 saturated heterocycles. The van der Waals surface area contributed by atoms with Gasteiger partial charge in [-0.25, -0.2) is 4.79 Å². The largest absolute Gasteiger partial charge is 0.480 e. The van der Waals surface area contributed by atoms with Crippen LogP contribution in [0.15, 0.2) is 48.5 Å². The number of amides is 1. The van der Waals surface area contributed by atoms with E-state index < -0.39 is 12.0 Å². The molecule has 3 atom stereocenters. The van der Waals surface area contributed by atoms with Crippen LogP contribution in [0.4, 0.5) is 0 Å². The smallest absolute Gasteiger partial charge is 0.326 e. The monoisotopic (exact) mass is 355 g/mol. The lowest BCUT2D eigenvalue weighted by atomic mass is 9.93. The van der Waals surface area contributed by atoms with Crippen molar-refractivity contribution < 1.29 is 14.7 Å². The van der Waals surface area contributed by atoms with E-state index in [1.54, 1.807) is 4.90 Å². The fourth-order valence-corrected chi connectivity index (χ4v) is 3.96. The third-order valence-corrected chi connectivity index (χ3v) is 5.44. The first-order valence-electron chi connectivity index (χ1n) is 8.40. The average Bonchev–Trinajstić information content (AvgIpc) is 3.40. The Morgan fingerprint density at radius 3 is 2.56 bits per heavy atom. The minimum Gasteiger partial charge on any atom is -0.480 e. The van der Waals surface area contributed by atoms with E-state index in [1.807, 2.05) is 48.5 Å². The second-order valence-corrected chi connectivity index (χ2v) is 7.23. The summed E-state index contributed by atoms with van der Waals surface area (Å²) >= 11 is 6.04. The van der Waals surface area contributed by atoms with Gasteiger partial charge in [-0.3, -0.25) is 4.79 Å². The number of carboxylic acids is 1. The van der Waals surface area contributed by atoms with E-state index in [9.17, 15) is 14.7 Å². The molecule has 0 aromatic heterocycles. The number of carbonyl (C=O) groups excluding carboxylic acids is 1. The van der Waals surface area contributed by atoms with Gasteiger partial charge in [0.25, 0.3) is 0 Å². The molecule has 2 aromatic rings. The van der Waals surface area contributed by atoms with Crippen molar-refractivity contribution in [1.29, 1.82) is 0 Å². The number of hydrogen-bond donors (Lipinski definition) is 1. The topological polar surface area (TPSA) is 57.6 Å². The minimum atomic E-state index is -0.942. The summed E-state index contributed by atoms with van der Waals surface area (Å²) in [7, 11) is 0. The molecule has 1 amide bonds. The summed E-state index contributed by atoms with van der Waals surface area (Å²) in [6, 6.07) is 14.5. The van der Waals surface area contributed by atoms with Gasteiger partial charge in [0.2, 0.25) is 5.91 Å². The average molecular weight is 356 g/mol. The number of carboxylic acid groups (broad SMARTS) is 1. The SMILES string of the molecule is O=C(O)C1Cc2ccccc2CN1C(=O)C1CC1c1cccc(Cl)c1. The molecule has 128 valence electrons. The Morgan fingerprint density at radius 1 is 1.08 bits per heavy atom. The maximum Gasteiger partial charge on any atom is 0.326 e. The Bertz CT molecular complexity index is 850. The fourth-order valence-electron chi connectivity index (χ4n) is 3.76. The maximum absolute atomic E-state index is 13.0. The first-order chi connectivity index (χ1) is 12.0. The molecule has 2 aliphatic rings. The molecule has 2 aromatic carbocycles. The van der Waals surface area contributed by atoms with Gasteiger partial charge < -0.3 is 10.0 Å². The highest BCUT2D eigenvalue weighted by atomic mass is 35.5. The summed E-state index contributed by atoms with van der Waals surface area (Å²) in [5, 5.41) is 10.3. The van der Waals surface area contributed by atoms with Crippen molar-refractivity contribution in [3.8, 4) is 0 Å². The normalized spacial score (nSPS) is 24.5. The molecule has 5 heteroatoms. The predicted octanol–water partition coefficient (Wildman–Crippen LogP) is 3.48. The Kier molecular flexibility index (Phi) is 4.00. The summed E-state index contributed by atoms with van der Waals surface area (Å²) in [4.78, 5) is 26.2. The lowest BCUT2D eigenvalue weighted by molar-refractivity contribution is -0.152. The van der Waals surface area contributed by atoms with Gasteiger partial charge in [0.1, 0.15) is 6.04 Å². The van der Waals surface area contributed by atoms with Gasteiger partial charge in [-0.1, -0.05) is 48.0 Å². The van der Waals surface area contributed by atoms with E-state index in [0.717, 1.165) is 23.1 Å². The van der Waals surface area contributed by atoms with Gasteiger partial charge in [0, 0.05) is 23.9 Å². The lowest BCUT2D eigenvalue weighted by Gasteiger charge is -2.34. The molecule has 25 heavy (non-hydrogen) atoms. The second kappa shape index (κ2) is 6.19. The van der Waals surface area contributed by atoms with Crippen LogP contribution in [0.5, 0.6) is 0 Å². The summed E-state index contributed by atoms with van der Waals surface area (Å²) in [6.45, 7) is 0.366. The van der Waals surface area contributed by atoms with Crippen LogP contribution in [0.1, 0.15) is 29.0 Å². The first-order valence-corrected chi connectivity index (χ1v) is 8.78. The number of carbonyl (C=O) groups is 2. The van der Waals surface area contributed by atoms with E-state index in [0.29, 0.717) is 18.0 Å². The number of aliphatic carboxylic acids is 1. The molecule has 1 N–H and O–H groups in total. The minimum absolute atomic E-state index is 0.0631. The van der Waals surface area contributed by atoms with Crippen molar-refractivity contribution in [3.63, 3.8) is 0 Å². The van der Waals surface area contributed by atoms with E-state index >= 15 is 0 Å². The molecule has 0 spiro atoms. The second-order valence-electron chi connectivity index (χ2n) is 6.80. The third-order valence-electron chi connectivity index (χ3n) is 5.20. The standard InChI is InChI=1S/C20H18ClNO3/c21-15-7-3-6-13(8-15)16-10-17(16)19(23)22-11-14-5-2-1-4-12(14)9-18(22)20(24)25/h1-8,16-18H,9-11H2,(H,24,25). The van der Waals surface area contributed by atoms with Gasteiger partial charge in [-0.05, 0) is 41.2 Å². The highest BCUT2D eigenvalue weighted by Crippen LogP contribution is 2.49. The van der Waals surface area contributed by atoms with Crippen LogP contribution in [0.25, 0.3) is 0 Å². The van der Waals surface area contributed by atoms with E-state index in [4.69, 9.17) is 11.6 Å². The predicted molar refractivity (Wildman–Crippen MR) is 94.4 cm³/mol. The van der Waals surface area contributed by atoms with Crippen LogP contribution >= 0.6 is 11.6 Å². The molecular formula is C20H18ClNO3. The third kappa shape index (κ3) is 3.02. The number of fused-ring (bicyclic) bond motifs is 1. The fraction of sp³-hybridized carbons (Fsp3) is 0.300. The van der Waals surface area contributed by atoms with E-state index in [1.165, 1.54) is 0 Å². The summed E-state index contributed by atoms with van der Waals surface area (Å²) in [5.74, 6) is -1.02. The molecule has 1 heterocycles. The molecule has 4 rings (SSSR count). The Morgan fingerprint density at radius 2 is 1.84 bits per heavy atom. The number of rotatable bonds is 3. The van der Waals surface area contributed by atoms with Crippen molar-refractivity contribution in [1.82, 2.24) is 4.90 Å². The Balaban J connectivity index is 1.56. The van der Waals surface area contributed by atoms with Crippen molar-refractivity contribution >= 4 is 23.5 Å². The summed E-state index contributed by atoms with van der Waals surface area (Å²) in [5.41, 5.74) is 3.10. The lowest BCUT2D eigenvalue weighted by Crippen LogP contribution is -2.49. The summed E-state index contributed by atoms with van der Waals surface area (Å²) in [6.07, 6.45) is 1.12. The van der Waals surface area contributed by atoms with E-state index in [-0.39, 0.29) is 17.7 Å². The van der Waals surface area contributed by atoms with Crippen LogP contribution in [-0.4, -0.2) is 27.9 Å². The van der Waals surface area contributed by atoms with Crippen LogP contribution in [-0.2, 0) is 22.6 Å². The Labute approximate surface area is 151 Å². The molecule has 0 radical (unpaired) electrons. The van der Waals surface area contributed by atoms with Gasteiger partial charge in [-0.15, -0.1) is 0 Å². The molecule has 1 aliphatic carbocycles. The van der Waals surface area contributed by atoms with Gasteiger partial charge in [0.15, 0.2) is 0 Å². The number of hydrogen-bond acceptors (Lipinski definition) is 2. The first kappa shape index (κ1) is 16.2. The van der Waals surface area contributed by atoms with Crippen molar-refractivity contribution in [3.05, 3.63) is 70.2 Å². The van der Waals surface area contributed by atoms with Gasteiger partial charge >= 0.3 is 5.97 Å². The Hall–Kier alpha value is -2.33. The quantitative estimate of drug-likeness (QED) is 0.917. The van der Waals surface area contributed by atoms with Crippen LogP contribution in [0.3, 0.4) is 0 Å². The van der Waals surface area contributed by atoms with Crippen LogP contribution in [0.2, 0.25) is 5.02 Å². The van der Waals surface area contributed by atoms with Crippen molar-refractivity contribution in [2.24, 2.45) is 5.92 Å². The highest BCUT2D eigenvalue weighted by molar-refractivity contribution is 6.30. The number of nitrogens with zero attached hydrogens (tertiary/aromatic N) is 1.